The smallest absolute Gasteiger partial charge is 0.163 e. The maximum atomic E-state index is 12.6. The Hall–Kier alpha value is -3.34. The van der Waals surface area contributed by atoms with E-state index < -0.39 is 5.92 Å². The van der Waals surface area contributed by atoms with Gasteiger partial charge in [-0.3, -0.25) is 4.79 Å². The van der Waals surface area contributed by atoms with Crippen LogP contribution in [0.3, 0.4) is 0 Å². The summed E-state index contributed by atoms with van der Waals surface area (Å²) in [5, 5.41) is 20.0. The van der Waals surface area contributed by atoms with Gasteiger partial charge in [-0.25, -0.2) is 0 Å². The summed E-state index contributed by atoms with van der Waals surface area (Å²) >= 11 is 0. The highest BCUT2D eigenvalue weighted by Gasteiger charge is 2.31. The fourth-order valence-corrected chi connectivity index (χ4v) is 3.69. The largest absolute Gasteiger partial charge is 0.501 e. The molecule has 0 aromatic heterocycles. The average Bonchev–Trinajstić information content (AvgIpc) is 2.77. The van der Waals surface area contributed by atoms with Crippen LogP contribution in [0.4, 0.5) is 0 Å². The summed E-state index contributed by atoms with van der Waals surface area (Å²) in [6.07, 6.45) is 5.22. The van der Waals surface area contributed by atoms with E-state index in [1.807, 2.05) is 39.8 Å². The quantitative estimate of drug-likeness (QED) is 0.516. The summed E-state index contributed by atoms with van der Waals surface area (Å²) < 4.78 is 0. The van der Waals surface area contributed by atoms with Gasteiger partial charge < -0.3 is 5.11 Å². The van der Waals surface area contributed by atoms with Gasteiger partial charge in [-0.1, -0.05) is 30.0 Å². The number of ketones is 1. The number of hydrogen-bond acceptors (Lipinski definition) is 3. The fraction of sp³-hybridized carbons (Fsp3) is 0.240. The summed E-state index contributed by atoms with van der Waals surface area (Å²) in [7, 11) is 0. The lowest BCUT2D eigenvalue weighted by Gasteiger charge is -2.27. The van der Waals surface area contributed by atoms with Crippen molar-refractivity contribution in [1.29, 1.82) is 5.26 Å². The third-order valence-electron chi connectivity index (χ3n) is 5.00. The highest BCUT2D eigenvalue weighted by atomic mass is 16.3. The van der Waals surface area contributed by atoms with Gasteiger partial charge in [0, 0.05) is 17.1 Å². The van der Waals surface area contributed by atoms with Crippen molar-refractivity contribution in [2.75, 3.05) is 0 Å². The van der Waals surface area contributed by atoms with Gasteiger partial charge in [-0.2, -0.15) is 5.26 Å². The monoisotopic (exact) mass is 371 g/mol. The van der Waals surface area contributed by atoms with E-state index in [0.717, 1.165) is 27.8 Å². The number of allylic oxidation sites excluding steroid dienone is 7. The molecule has 0 heterocycles. The number of Topliss-reactive ketones (excluding diaryl/α,β-unsaturated/α-hetero) is 1. The normalized spacial score (nSPS) is 14.4. The van der Waals surface area contributed by atoms with Gasteiger partial charge in [-0.15, -0.1) is 0 Å². The van der Waals surface area contributed by atoms with E-state index in [-0.39, 0.29) is 11.5 Å². The number of carbonyl (C=O) groups excluding carboxylic acids is 1. The van der Waals surface area contributed by atoms with Crippen LogP contribution in [-0.4, -0.2) is 10.9 Å². The van der Waals surface area contributed by atoms with Crippen LogP contribution in [0.1, 0.15) is 50.3 Å². The number of nitrogens with zero attached hydrogens (tertiary/aromatic N) is 1. The second-order valence-electron chi connectivity index (χ2n) is 7.11. The molecule has 0 bridgehead atoms. The van der Waals surface area contributed by atoms with Crippen LogP contribution in [-0.2, 0) is 4.79 Å². The third kappa shape index (κ3) is 3.98. The summed E-state index contributed by atoms with van der Waals surface area (Å²) in [4.78, 5) is 12.6. The standard InChI is InChI=1S/C25H25NO2/c1-7-20-9-8-10-22(28)24(17(20)5)25(23(15(2)3)18(6)27)21-12-11-19(14-26)13-16(21)4/h7-9,11-13,25,28H,1H2,2-6H3/t25-/m0/s1. The Balaban J connectivity index is 2.95. The maximum Gasteiger partial charge on any atom is 0.163 e. The zero-order valence-electron chi connectivity index (χ0n) is 17.1. The molecule has 1 aromatic carbocycles. The summed E-state index contributed by atoms with van der Waals surface area (Å²) in [6, 6.07) is 7.56. The maximum absolute atomic E-state index is 12.6. The molecule has 3 heteroatoms. The second kappa shape index (κ2) is 8.57. The van der Waals surface area contributed by atoms with Crippen LogP contribution in [0.15, 0.2) is 82.4 Å². The van der Waals surface area contributed by atoms with Crippen LogP contribution >= 0.6 is 0 Å². The molecule has 1 aromatic rings. The molecule has 0 unspecified atom stereocenters. The molecular formula is C25H25NO2. The molecule has 28 heavy (non-hydrogen) atoms. The predicted octanol–water partition coefficient (Wildman–Crippen LogP) is 5.92. The molecule has 2 rings (SSSR count). The van der Waals surface area contributed by atoms with E-state index in [1.165, 1.54) is 0 Å². The topological polar surface area (TPSA) is 61.1 Å². The first-order valence-corrected chi connectivity index (χ1v) is 9.11. The minimum Gasteiger partial charge on any atom is -0.501 e. The Morgan fingerprint density at radius 1 is 1.29 bits per heavy atom. The van der Waals surface area contributed by atoms with Crippen molar-refractivity contribution in [1.82, 2.24) is 0 Å². The van der Waals surface area contributed by atoms with E-state index in [2.05, 4.69) is 18.4 Å². The van der Waals surface area contributed by atoms with Gasteiger partial charge in [0.15, 0.2) is 11.5 Å². The molecule has 0 saturated heterocycles. The SMILES string of the molecule is C=CC1=CC=C=C(O)C([C@H](C(C(C)=O)=C(C)C)c2ccc(C#N)cc2C)=C1C. The molecule has 0 amide bonds. The van der Waals surface area contributed by atoms with Crippen molar-refractivity contribution in [2.24, 2.45) is 0 Å². The van der Waals surface area contributed by atoms with E-state index >= 15 is 0 Å². The van der Waals surface area contributed by atoms with Gasteiger partial charge >= 0.3 is 0 Å². The minimum atomic E-state index is -0.474. The number of nitriles is 1. The molecule has 0 aliphatic heterocycles. The van der Waals surface area contributed by atoms with Crippen molar-refractivity contribution in [2.45, 2.75) is 40.5 Å². The number of carbonyl (C=O) groups is 1. The van der Waals surface area contributed by atoms with E-state index in [9.17, 15) is 15.2 Å². The molecule has 3 nitrogen and oxygen atoms in total. The third-order valence-corrected chi connectivity index (χ3v) is 5.00. The molecule has 1 atom stereocenters. The molecule has 0 fully saturated rings. The Kier molecular flexibility index (Phi) is 6.41. The van der Waals surface area contributed by atoms with Gasteiger partial charge in [-0.05, 0) is 81.2 Å². The summed E-state index contributed by atoms with van der Waals surface area (Å²) in [5.74, 6) is -0.531. The Morgan fingerprint density at radius 2 is 1.96 bits per heavy atom. The van der Waals surface area contributed by atoms with E-state index in [1.54, 1.807) is 31.2 Å². The first-order chi connectivity index (χ1) is 13.2. The number of aryl methyl sites for hydroxylation is 1. The lowest BCUT2D eigenvalue weighted by Crippen LogP contribution is -2.17. The Bertz CT molecular complexity index is 1040. The Morgan fingerprint density at radius 3 is 2.46 bits per heavy atom. The van der Waals surface area contributed by atoms with Crippen molar-refractivity contribution < 1.29 is 9.90 Å². The lowest BCUT2D eigenvalue weighted by molar-refractivity contribution is -0.113. The van der Waals surface area contributed by atoms with Crippen LogP contribution in [0.5, 0.6) is 0 Å². The first-order valence-electron chi connectivity index (χ1n) is 9.11. The van der Waals surface area contributed by atoms with Crippen LogP contribution in [0.2, 0.25) is 0 Å². The second-order valence-corrected chi connectivity index (χ2v) is 7.11. The van der Waals surface area contributed by atoms with E-state index in [4.69, 9.17) is 0 Å². The molecule has 0 radical (unpaired) electrons. The molecular weight excluding hydrogens is 346 g/mol. The van der Waals surface area contributed by atoms with Crippen molar-refractivity contribution in [3.8, 4) is 6.07 Å². The number of aliphatic hydroxyl groups excluding tert-OH is 1. The van der Waals surface area contributed by atoms with Crippen molar-refractivity contribution >= 4 is 5.78 Å². The minimum absolute atomic E-state index is 0.000593. The van der Waals surface area contributed by atoms with Crippen LogP contribution in [0.25, 0.3) is 0 Å². The Labute approximate surface area is 167 Å². The molecule has 142 valence electrons. The molecule has 0 saturated carbocycles. The molecule has 1 aliphatic carbocycles. The molecule has 1 N–H and O–H groups in total. The van der Waals surface area contributed by atoms with Crippen molar-refractivity contribution in [3.63, 3.8) is 0 Å². The van der Waals surface area contributed by atoms with Gasteiger partial charge in [0.05, 0.1) is 11.6 Å². The number of benzene rings is 1. The van der Waals surface area contributed by atoms with Gasteiger partial charge in [0.2, 0.25) is 0 Å². The van der Waals surface area contributed by atoms with Crippen molar-refractivity contribution in [3.05, 3.63) is 99.1 Å². The molecule has 0 spiro atoms. The van der Waals surface area contributed by atoms with Crippen LogP contribution < -0.4 is 0 Å². The highest BCUT2D eigenvalue weighted by molar-refractivity contribution is 5.96. The fourth-order valence-electron chi connectivity index (χ4n) is 3.69. The lowest BCUT2D eigenvalue weighted by atomic mass is 9.76. The van der Waals surface area contributed by atoms with Crippen LogP contribution in [0, 0.1) is 18.3 Å². The zero-order valence-corrected chi connectivity index (χ0v) is 17.1. The number of aliphatic hydroxyl groups is 1. The number of rotatable bonds is 5. The predicted molar refractivity (Wildman–Crippen MR) is 113 cm³/mol. The summed E-state index contributed by atoms with van der Waals surface area (Å²) in [5.41, 5.74) is 9.03. The first kappa shape index (κ1) is 21.0. The summed E-state index contributed by atoms with van der Waals surface area (Å²) in [6.45, 7) is 13.0. The van der Waals surface area contributed by atoms with E-state index in [0.29, 0.717) is 16.7 Å². The molecule has 1 aliphatic rings. The average molecular weight is 371 g/mol. The number of hydrogen-bond donors (Lipinski definition) is 1. The van der Waals surface area contributed by atoms with Gasteiger partial charge in [0.1, 0.15) is 0 Å². The van der Waals surface area contributed by atoms with Gasteiger partial charge in [0.25, 0.3) is 0 Å². The highest BCUT2D eigenvalue weighted by Crippen LogP contribution is 2.42. The zero-order chi connectivity index (χ0) is 21.0.